The largest absolute Gasteiger partial charge is 0.548 e. The smallest absolute Gasteiger partial charge is 0.0963 e. The third-order valence-electron chi connectivity index (χ3n) is 6.63. The van der Waals surface area contributed by atoms with Gasteiger partial charge in [0.05, 0.1) is 64.9 Å². The minimum atomic E-state index is -1.36. The maximum Gasteiger partial charge on any atom is 0.0963 e. The molecule has 0 saturated heterocycles. The molecule has 0 radical (unpaired) electrons. The summed E-state index contributed by atoms with van der Waals surface area (Å²) >= 11 is 58.8. The quantitative estimate of drug-likeness (QED) is 0.0498. The van der Waals surface area contributed by atoms with Gasteiger partial charge in [0.2, 0.25) is 0 Å². The number of hydrogen-bond acceptors (Lipinski definition) is 2. The van der Waals surface area contributed by atoms with Gasteiger partial charge in [-0.1, -0.05) is 70.6 Å². The van der Waals surface area contributed by atoms with Crippen LogP contribution in [0.15, 0.2) is 0 Å². The highest BCUT2D eigenvalue weighted by Gasteiger charge is 2.30. The van der Waals surface area contributed by atoms with Crippen molar-refractivity contribution < 1.29 is 14.4 Å². The third kappa shape index (κ3) is 27.2. The van der Waals surface area contributed by atoms with E-state index in [1.165, 1.54) is 57.8 Å². The van der Waals surface area contributed by atoms with Crippen molar-refractivity contribution in [2.24, 2.45) is 0 Å². The van der Waals surface area contributed by atoms with Crippen LogP contribution in [0, 0.1) is 0 Å². The molecule has 0 aliphatic carbocycles. The first kappa shape index (κ1) is 45.5. The van der Waals surface area contributed by atoms with Crippen molar-refractivity contribution in [2.45, 2.75) is 116 Å². The van der Waals surface area contributed by atoms with Crippen LogP contribution in [0.4, 0.5) is 0 Å². The molecule has 0 amide bonds. The second-order valence-corrected chi connectivity index (χ2v) is 15.5. The van der Waals surface area contributed by atoms with E-state index in [9.17, 15) is 9.90 Å². The zero-order valence-electron chi connectivity index (χ0n) is 24.1. The van der Waals surface area contributed by atoms with Gasteiger partial charge >= 0.3 is 0 Å². The molecular formula is C28H49Cl10NO2. The highest BCUT2D eigenvalue weighted by Crippen LogP contribution is 2.23. The Morgan fingerprint density at radius 1 is 0.585 bits per heavy atom. The number of aliphatic carboxylic acids is 1. The highest BCUT2D eigenvalue weighted by molar-refractivity contribution is 6.39. The van der Waals surface area contributed by atoms with Crippen molar-refractivity contribution >= 4 is 122 Å². The molecule has 0 aliphatic heterocycles. The Kier molecular flexibility index (Phi) is 32.9. The summed E-state index contributed by atoms with van der Waals surface area (Å²) in [6.07, 6.45) is 15.5. The van der Waals surface area contributed by atoms with Crippen molar-refractivity contribution in [1.29, 1.82) is 0 Å². The number of unbranched alkanes of at least 4 members (excludes halogenated alkanes) is 11. The first-order chi connectivity index (χ1) is 19.4. The summed E-state index contributed by atoms with van der Waals surface area (Å²) in [7, 11) is 2.05. The van der Waals surface area contributed by atoms with Crippen LogP contribution in [-0.2, 0) is 4.79 Å². The molecule has 41 heavy (non-hydrogen) atoms. The second-order valence-electron chi connectivity index (χ2n) is 10.8. The van der Waals surface area contributed by atoms with Gasteiger partial charge in [-0.25, -0.2) is 0 Å². The van der Waals surface area contributed by atoms with E-state index in [0.29, 0.717) is 48.2 Å². The van der Waals surface area contributed by atoms with E-state index in [2.05, 4.69) is 0 Å². The predicted octanol–water partition coefficient (Wildman–Crippen LogP) is 9.84. The number of hydrogen-bond donors (Lipinski definition) is 0. The normalized spacial score (nSPS) is 17.4. The average molecular weight is 786 g/mol. The Labute approximate surface area is 300 Å². The van der Waals surface area contributed by atoms with Crippen molar-refractivity contribution in [3.63, 3.8) is 0 Å². The van der Waals surface area contributed by atoms with Crippen LogP contribution >= 0.6 is 116 Å². The fraction of sp³-hybridized carbons (Fsp3) is 0.964. The van der Waals surface area contributed by atoms with Gasteiger partial charge in [-0.05, 0) is 12.8 Å². The average Bonchev–Trinajstić information content (AvgIpc) is 2.94. The molecule has 0 spiro atoms. The van der Waals surface area contributed by atoms with E-state index in [0.717, 1.165) is 25.1 Å². The lowest BCUT2D eigenvalue weighted by Gasteiger charge is -2.38. The number of halogens is 10. The maximum atomic E-state index is 10.6. The van der Waals surface area contributed by atoms with Crippen LogP contribution in [0.3, 0.4) is 0 Å². The predicted molar refractivity (Wildman–Crippen MR) is 187 cm³/mol. The number of carboxylic acid groups (broad SMARTS) is 1. The molecule has 6 unspecified atom stereocenters. The summed E-state index contributed by atoms with van der Waals surface area (Å²) in [5.74, 6) is 0.631. The number of carbonyl (C=O) groups is 1. The van der Waals surface area contributed by atoms with Crippen molar-refractivity contribution in [1.82, 2.24) is 0 Å². The number of quaternary nitrogens is 1. The molecule has 0 bridgehead atoms. The lowest BCUT2D eigenvalue weighted by molar-refractivity contribution is -0.908. The molecule has 0 fully saturated rings. The van der Waals surface area contributed by atoms with E-state index < -0.39 is 22.1 Å². The van der Waals surface area contributed by atoms with Crippen LogP contribution < -0.4 is 5.11 Å². The number of carbonyl (C=O) groups excluding carboxylic acids is 1. The molecule has 0 N–H and O–H groups in total. The summed E-state index contributed by atoms with van der Waals surface area (Å²) in [4.78, 5) is 10.6. The Morgan fingerprint density at radius 2 is 0.902 bits per heavy atom. The van der Waals surface area contributed by atoms with Gasteiger partial charge in [0, 0.05) is 23.5 Å². The molecule has 0 rings (SSSR count). The molecule has 0 aromatic carbocycles. The van der Waals surface area contributed by atoms with Gasteiger partial charge in [-0.2, -0.15) is 0 Å². The molecule has 248 valence electrons. The lowest BCUT2D eigenvalue weighted by atomic mass is 10.0. The van der Waals surface area contributed by atoms with Gasteiger partial charge in [0.15, 0.2) is 0 Å². The zero-order valence-corrected chi connectivity index (χ0v) is 31.7. The van der Waals surface area contributed by atoms with Gasteiger partial charge in [0.25, 0.3) is 0 Å². The third-order valence-corrected chi connectivity index (χ3v) is 11.1. The van der Waals surface area contributed by atoms with E-state index in [4.69, 9.17) is 116 Å². The van der Waals surface area contributed by atoms with Crippen molar-refractivity contribution in [3.8, 4) is 0 Å². The Balaban J connectivity index is 0. The summed E-state index contributed by atoms with van der Waals surface area (Å²) in [6, 6.07) is 0. The van der Waals surface area contributed by atoms with Crippen molar-refractivity contribution in [3.05, 3.63) is 0 Å². The molecular weight excluding hydrogens is 737 g/mol. The zero-order chi connectivity index (χ0) is 31.7. The van der Waals surface area contributed by atoms with E-state index in [-0.39, 0.29) is 16.1 Å². The van der Waals surface area contributed by atoms with Gasteiger partial charge in [0.1, 0.15) is 0 Å². The minimum Gasteiger partial charge on any atom is -0.548 e. The minimum absolute atomic E-state index is 0.111. The molecule has 13 heteroatoms. The first-order valence-electron chi connectivity index (χ1n) is 14.5. The van der Waals surface area contributed by atoms with Gasteiger partial charge < -0.3 is 14.4 Å². The monoisotopic (exact) mass is 781 g/mol. The van der Waals surface area contributed by atoms with E-state index in [1.807, 2.05) is 7.05 Å². The summed E-state index contributed by atoms with van der Waals surface area (Å²) in [6.45, 7) is 2.10. The Hall–Kier alpha value is 2.33. The number of rotatable bonds is 26. The highest BCUT2D eigenvalue weighted by atomic mass is 35.5. The summed E-state index contributed by atoms with van der Waals surface area (Å²) < 4.78 is 0.628. The number of alkyl halides is 10. The maximum absolute atomic E-state index is 10.6. The fourth-order valence-electron chi connectivity index (χ4n) is 4.48. The molecule has 0 aromatic heterocycles. The number of nitrogens with zero attached hydrogens (tertiary/aromatic N) is 1. The molecule has 3 nitrogen and oxygen atoms in total. The fourth-order valence-corrected chi connectivity index (χ4v) is 6.74. The van der Waals surface area contributed by atoms with E-state index >= 15 is 0 Å². The SMILES string of the molecule is C[N+](CC(Cl)CCl)(CC(Cl)CCl)CC(Cl)CCl.O=C([O-])C(Cl)C(Cl)C(Cl)CCCCCCCCCCCCCCCl. The van der Waals surface area contributed by atoms with Crippen LogP contribution in [0.5, 0.6) is 0 Å². The second kappa shape index (κ2) is 29.7. The van der Waals surface area contributed by atoms with Gasteiger partial charge in [-0.15, -0.1) is 116 Å². The van der Waals surface area contributed by atoms with Crippen molar-refractivity contribution in [2.75, 3.05) is 50.2 Å². The van der Waals surface area contributed by atoms with Crippen LogP contribution in [0.25, 0.3) is 0 Å². The van der Waals surface area contributed by atoms with Crippen LogP contribution in [0.2, 0.25) is 0 Å². The van der Waals surface area contributed by atoms with Crippen LogP contribution in [0.1, 0.15) is 83.5 Å². The number of carboxylic acids is 1. The molecule has 6 atom stereocenters. The summed E-state index contributed by atoms with van der Waals surface area (Å²) in [5, 5.41) is 7.86. The van der Waals surface area contributed by atoms with Gasteiger partial charge in [-0.3, -0.25) is 0 Å². The molecule has 0 aromatic rings. The lowest BCUT2D eigenvalue weighted by Crippen LogP contribution is -2.54. The standard InChI is InChI=1S/C18H32Cl4O2.C10H18Cl6N/c19-14-12-10-8-6-4-2-1-3-5-7-9-11-13-15(20)16(21)17(22)18(23)24;1-17(5-8(14)2-11,6-9(15)3-12)7-10(16)4-13/h15-17H,1-14H2,(H,23,24);8-10H,2-7H2,1H3/q;+1/p-1. The molecule has 0 aliphatic rings. The topological polar surface area (TPSA) is 40.1 Å². The first-order valence-corrected chi connectivity index (χ1v) is 19.3. The molecule has 0 saturated carbocycles. The Morgan fingerprint density at radius 3 is 1.20 bits per heavy atom. The Bertz CT molecular complexity index is 577. The van der Waals surface area contributed by atoms with Crippen LogP contribution in [-0.4, -0.2) is 92.9 Å². The van der Waals surface area contributed by atoms with E-state index in [1.54, 1.807) is 0 Å². The summed E-state index contributed by atoms with van der Waals surface area (Å²) in [5.41, 5.74) is 0. The molecule has 0 heterocycles.